The third-order valence-electron chi connectivity index (χ3n) is 4.62. The molecule has 0 aliphatic rings. The summed E-state index contributed by atoms with van der Waals surface area (Å²) in [4.78, 5) is 23.9. The molecule has 0 saturated carbocycles. The molecule has 0 radical (unpaired) electrons. The summed E-state index contributed by atoms with van der Waals surface area (Å²) in [6.07, 6.45) is 5.02. The summed E-state index contributed by atoms with van der Waals surface area (Å²) in [6.45, 7) is 4.18. The summed E-state index contributed by atoms with van der Waals surface area (Å²) < 4.78 is 0. The number of nitrogens with one attached hydrogen (secondary N) is 2. The zero-order chi connectivity index (χ0) is 19.9. The lowest BCUT2D eigenvalue weighted by Crippen LogP contribution is -2.24. The second kappa shape index (κ2) is 8.99. The molecule has 0 aliphatic carbocycles. The molecule has 6 heteroatoms. The first-order chi connectivity index (χ1) is 13.5. The minimum atomic E-state index is -0.354. The number of carbonyl (C=O) groups excluding carboxylic acids is 1. The normalized spacial score (nSPS) is 12.7. The highest BCUT2D eigenvalue weighted by Crippen LogP contribution is 2.20. The zero-order valence-electron chi connectivity index (χ0n) is 16.2. The maximum absolute atomic E-state index is 12.2. The SMILES string of the molecule is CC(=NC(=O)NCCc1ccccc1)C(Cc1c[nH]c2ncccc12)=C(C)N. The van der Waals surface area contributed by atoms with Crippen molar-refractivity contribution in [3.8, 4) is 0 Å². The van der Waals surface area contributed by atoms with Crippen LogP contribution in [-0.4, -0.2) is 28.3 Å². The maximum atomic E-state index is 12.2. The Bertz CT molecular complexity index is 1010. The number of benzene rings is 1. The van der Waals surface area contributed by atoms with Crippen molar-refractivity contribution in [3.63, 3.8) is 0 Å². The summed E-state index contributed by atoms with van der Waals surface area (Å²) in [6, 6.07) is 13.6. The number of carbonyl (C=O) groups is 1. The first kappa shape index (κ1) is 19.4. The fraction of sp³-hybridized carbons (Fsp3) is 0.227. The van der Waals surface area contributed by atoms with Gasteiger partial charge in [0.1, 0.15) is 5.65 Å². The molecule has 2 amide bonds. The van der Waals surface area contributed by atoms with Crippen LogP contribution >= 0.6 is 0 Å². The van der Waals surface area contributed by atoms with Crippen LogP contribution in [0.3, 0.4) is 0 Å². The number of fused-ring (bicyclic) bond motifs is 1. The van der Waals surface area contributed by atoms with E-state index in [2.05, 4.69) is 20.3 Å². The van der Waals surface area contributed by atoms with Crippen molar-refractivity contribution in [2.75, 3.05) is 6.54 Å². The number of rotatable bonds is 6. The fourth-order valence-electron chi connectivity index (χ4n) is 3.12. The Labute approximate surface area is 164 Å². The Morgan fingerprint density at radius 3 is 2.71 bits per heavy atom. The van der Waals surface area contributed by atoms with E-state index in [1.54, 1.807) is 6.20 Å². The third-order valence-corrected chi connectivity index (χ3v) is 4.62. The quantitative estimate of drug-likeness (QED) is 0.573. The number of H-pyrrole nitrogens is 1. The van der Waals surface area contributed by atoms with Gasteiger partial charge in [-0.05, 0) is 49.1 Å². The van der Waals surface area contributed by atoms with Crippen LogP contribution in [0.25, 0.3) is 11.0 Å². The first-order valence-corrected chi connectivity index (χ1v) is 9.28. The van der Waals surface area contributed by atoms with Gasteiger partial charge in [0.15, 0.2) is 0 Å². The highest BCUT2D eigenvalue weighted by molar-refractivity contribution is 6.05. The number of aliphatic imine (C=N–C) groups is 1. The number of urea groups is 1. The van der Waals surface area contributed by atoms with Crippen LogP contribution in [0.1, 0.15) is 25.0 Å². The molecular weight excluding hydrogens is 350 g/mol. The van der Waals surface area contributed by atoms with E-state index in [1.807, 2.05) is 62.5 Å². The van der Waals surface area contributed by atoms with Gasteiger partial charge in [0, 0.05) is 42.2 Å². The number of hydrogen-bond donors (Lipinski definition) is 3. The van der Waals surface area contributed by atoms with Gasteiger partial charge < -0.3 is 16.0 Å². The smallest absolute Gasteiger partial charge is 0.341 e. The number of hydrogen-bond acceptors (Lipinski definition) is 3. The Hall–Kier alpha value is -3.41. The highest BCUT2D eigenvalue weighted by Gasteiger charge is 2.12. The molecule has 2 aromatic heterocycles. The number of allylic oxidation sites excluding steroid dienone is 2. The van der Waals surface area contributed by atoms with E-state index in [4.69, 9.17) is 5.73 Å². The third kappa shape index (κ3) is 4.85. The molecule has 0 spiro atoms. The molecule has 0 atom stereocenters. The van der Waals surface area contributed by atoms with Gasteiger partial charge in [0.2, 0.25) is 0 Å². The van der Waals surface area contributed by atoms with Crippen molar-refractivity contribution >= 4 is 22.8 Å². The van der Waals surface area contributed by atoms with Crippen molar-refractivity contribution in [2.24, 2.45) is 10.7 Å². The van der Waals surface area contributed by atoms with Crippen LogP contribution in [-0.2, 0) is 12.8 Å². The van der Waals surface area contributed by atoms with Crippen LogP contribution in [0, 0.1) is 0 Å². The van der Waals surface area contributed by atoms with Gasteiger partial charge in [-0.3, -0.25) is 0 Å². The number of amides is 2. The zero-order valence-corrected chi connectivity index (χ0v) is 16.2. The lowest BCUT2D eigenvalue weighted by atomic mass is 10.00. The van der Waals surface area contributed by atoms with E-state index in [1.165, 1.54) is 5.56 Å². The average Bonchev–Trinajstić information content (AvgIpc) is 3.09. The average molecular weight is 375 g/mol. The van der Waals surface area contributed by atoms with Gasteiger partial charge in [-0.25, -0.2) is 9.78 Å². The topological polar surface area (TPSA) is 96.2 Å². The van der Waals surface area contributed by atoms with E-state index in [-0.39, 0.29) is 6.03 Å². The number of aromatic nitrogens is 2. The second-order valence-electron chi connectivity index (χ2n) is 6.72. The van der Waals surface area contributed by atoms with E-state index in [0.29, 0.717) is 24.4 Å². The summed E-state index contributed by atoms with van der Waals surface area (Å²) in [7, 11) is 0. The van der Waals surface area contributed by atoms with Crippen LogP contribution < -0.4 is 11.1 Å². The van der Waals surface area contributed by atoms with Gasteiger partial charge in [0.25, 0.3) is 0 Å². The number of nitrogens with zero attached hydrogens (tertiary/aromatic N) is 2. The van der Waals surface area contributed by atoms with Crippen LogP contribution in [0.15, 0.2) is 71.1 Å². The molecule has 2 heterocycles. The van der Waals surface area contributed by atoms with Gasteiger partial charge in [-0.1, -0.05) is 30.3 Å². The van der Waals surface area contributed by atoms with E-state index in [9.17, 15) is 4.79 Å². The number of aromatic amines is 1. The molecule has 3 aromatic rings. The van der Waals surface area contributed by atoms with E-state index < -0.39 is 0 Å². The predicted octanol–water partition coefficient (Wildman–Crippen LogP) is 3.75. The molecule has 3 rings (SSSR count). The fourth-order valence-corrected chi connectivity index (χ4v) is 3.12. The van der Waals surface area contributed by atoms with Gasteiger partial charge in [0.05, 0.1) is 0 Å². The van der Waals surface area contributed by atoms with Crippen LogP contribution in [0.2, 0.25) is 0 Å². The Kier molecular flexibility index (Phi) is 6.22. The summed E-state index contributed by atoms with van der Waals surface area (Å²) >= 11 is 0. The monoisotopic (exact) mass is 375 g/mol. The molecule has 0 bridgehead atoms. The maximum Gasteiger partial charge on any atom is 0.341 e. The van der Waals surface area contributed by atoms with Crippen molar-refractivity contribution in [3.05, 3.63) is 77.3 Å². The second-order valence-corrected chi connectivity index (χ2v) is 6.72. The Balaban J connectivity index is 1.66. The van der Waals surface area contributed by atoms with Crippen molar-refractivity contribution in [1.29, 1.82) is 0 Å². The molecule has 0 fully saturated rings. The number of pyridine rings is 1. The van der Waals surface area contributed by atoms with Gasteiger partial charge >= 0.3 is 6.03 Å². The lowest BCUT2D eigenvalue weighted by Gasteiger charge is -2.10. The lowest BCUT2D eigenvalue weighted by molar-refractivity contribution is 0.249. The molecular formula is C22H25N5O. The minimum absolute atomic E-state index is 0.354. The first-order valence-electron chi connectivity index (χ1n) is 9.28. The molecule has 1 aromatic carbocycles. The number of nitrogens with two attached hydrogens (primary N) is 1. The highest BCUT2D eigenvalue weighted by atomic mass is 16.2. The van der Waals surface area contributed by atoms with E-state index in [0.717, 1.165) is 28.6 Å². The summed E-state index contributed by atoms with van der Waals surface area (Å²) in [5.41, 5.74) is 11.3. The molecule has 0 unspecified atom stereocenters. The molecule has 144 valence electrons. The Morgan fingerprint density at radius 1 is 1.18 bits per heavy atom. The molecule has 6 nitrogen and oxygen atoms in total. The standard InChI is InChI=1S/C22H25N5O/c1-15(23)20(13-18-14-26-21-19(18)9-6-11-24-21)16(2)27-22(28)25-12-10-17-7-4-3-5-8-17/h3-9,11,14H,10,12-13,23H2,1-2H3,(H,24,26)(H,25,28). The van der Waals surface area contributed by atoms with Crippen molar-refractivity contribution < 1.29 is 4.79 Å². The van der Waals surface area contributed by atoms with Gasteiger partial charge in [-0.2, -0.15) is 4.99 Å². The summed E-state index contributed by atoms with van der Waals surface area (Å²) in [5.74, 6) is 0. The molecule has 0 aliphatic heterocycles. The van der Waals surface area contributed by atoms with Crippen molar-refractivity contribution in [2.45, 2.75) is 26.7 Å². The van der Waals surface area contributed by atoms with Crippen molar-refractivity contribution in [1.82, 2.24) is 15.3 Å². The van der Waals surface area contributed by atoms with Crippen LogP contribution in [0.4, 0.5) is 4.79 Å². The minimum Gasteiger partial charge on any atom is -0.402 e. The molecule has 4 N–H and O–H groups in total. The predicted molar refractivity (Wildman–Crippen MR) is 113 cm³/mol. The van der Waals surface area contributed by atoms with Gasteiger partial charge in [-0.15, -0.1) is 0 Å². The largest absolute Gasteiger partial charge is 0.402 e. The molecule has 0 saturated heterocycles. The Morgan fingerprint density at radius 2 is 1.96 bits per heavy atom. The van der Waals surface area contributed by atoms with E-state index >= 15 is 0 Å². The van der Waals surface area contributed by atoms with Crippen LogP contribution in [0.5, 0.6) is 0 Å². The molecule has 28 heavy (non-hydrogen) atoms. The summed E-state index contributed by atoms with van der Waals surface area (Å²) in [5, 5.41) is 3.88.